The summed E-state index contributed by atoms with van der Waals surface area (Å²) in [5.74, 6) is -0.0348. The predicted octanol–water partition coefficient (Wildman–Crippen LogP) is 2.14. The molecule has 1 heterocycles. The van der Waals surface area contributed by atoms with E-state index >= 15 is 0 Å². The molecule has 1 fully saturated rings. The second-order valence-corrected chi connectivity index (χ2v) is 4.08. The SMILES string of the molecule is CCn1nc2c(c1C(F)F)C1CC1C2=O. The van der Waals surface area contributed by atoms with Gasteiger partial charge in [0.15, 0.2) is 5.78 Å². The first-order valence-electron chi connectivity index (χ1n) is 5.08. The van der Waals surface area contributed by atoms with Gasteiger partial charge in [0.2, 0.25) is 0 Å². The summed E-state index contributed by atoms with van der Waals surface area (Å²) in [7, 11) is 0. The Morgan fingerprint density at radius 1 is 1.53 bits per heavy atom. The van der Waals surface area contributed by atoms with E-state index in [2.05, 4.69) is 5.10 Å². The smallest absolute Gasteiger partial charge is 0.280 e. The monoisotopic (exact) mass is 212 g/mol. The van der Waals surface area contributed by atoms with Crippen LogP contribution in [0.25, 0.3) is 0 Å². The zero-order valence-corrected chi connectivity index (χ0v) is 8.20. The Morgan fingerprint density at radius 2 is 2.27 bits per heavy atom. The highest BCUT2D eigenvalue weighted by Crippen LogP contribution is 2.57. The number of ketones is 1. The zero-order chi connectivity index (χ0) is 10.7. The molecular weight excluding hydrogens is 202 g/mol. The number of rotatable bonds is 2. The fourth-order valence-corrected chi connectivity index (χ4v) is 2.49. The molecule has 0 amide bonds. The Balaban J connectivity index is 2.20. The van der Waals surface area contributed by atoms with Gasteiger partial charge in [-0.25, -0.2) is 8.78 Å². The molecule has 80 valence electrons. The Morgan fingerprint density at radius 3 is 2.87 bits per heavy atom. The molecule has 1 saturated carbocycles. The van der Waals surface area contributed by atoms with Crippen LogP contribution >= 0.6 is 0 Å². The van der Waals surface area contributed by atoms with Crippen molar-refractivity contribution in [2.45, 2.75) is 32.2 Å². The van der Waals surface area contributed by atoms with Gasteiger partial charge in [-0.15, -0.1) is 0 Å². The van der Waals surface area contributed by atoms with Crippen LogP contribution in [-0.2, 0) is 6.54 Å². The molecule has 15 heavy (non-hydrogen) atoms. The van der Waals surface area contributed by atoms with Crippen molar-refractivity contribution in [3.8, 4) is 0 Å². The summed E-state index contributed by atoms with van der Waals surface area (Å²) in [5, 5.41) is 3.98. The van der Waals surface area contributed by atoms with Crippen LogP contribution in [0.1, 0.15) is 47.4 Å². The minimum Gasteiger partial charge on any atom is -0.292 e. The highest BCUT2D eigenvalue weighted by molar-refractivity contribution is 6.04. The molecule has 2 aliphatic carbocycles. The predicted molar refractivity (Wildman–Crippen MR) is 48.0 cm³/mol. The molecule has 3 nitrogen and oxygen atoms in total. The normalized spacial score (nSPS) is 27.1. The summed E-state index contributed by atoms with van der Waals surface area (Å²) in [6.07, 6.45) is -1.80. The van der Waals surface area contributed by atoms with Crippen molar-refractivity contribution in [2.75, 3.05) is 0 Å². The summed E-state index contributed by atoms with van der Waals surface area (Å²) in [5.41, 5.74) is 0.793. The fourth-order valence-electron chi connectivity index (χ4n) is 2.49. The first-order chi connectivity index (χ1) is 7.15. The van der Waals surface area contributed by atoms with Crippen LogP contribution in [-0.4, -0.2) is 15.6 Å². The van der Waals surface area contributed by atoms with Crippen molar-refractivity contribution in [3.63, 3.8) is 0 Å². The molecule has 0 saturated heterocycles. The van der Waals surface area contributed by atoms with Crippen LogP contribution in [0, 0.1) is 5.92 Å². The number of carbonyl (C=O) groups excluding carboxylic acids is 1. The number of aromatic nitrogens is 2. The molecule has 5 heteroatoms. The van der Waals surface area contributed by atoms with Gasteiger partial charge in [-0.1, -0.05) is 0 Å². The summed E-state index contributed by atoms with van der Waals surface area (Å²) in [4.78, 5) is 11.6. The van der Waals surface area contributed by atoms with Crippen LogP contribution in [0.2, 0.25) is 0 Å². The van der Waals surface area contributed by atoms with Crippen LogP contribution in [0.15, 0.2) is 0 Å². The fraction of sp³-hybridized carbons (Fsp3) is 0.600. The maximum absolute atomic E-state index is 12.8. The van der Waals surface area contributed by atoms with Crippen molar-refractivity contribution >= 4 is 5.78 Å². The lowest BCUT2D eigenvalue weighted by atomic mass is 10.1. The van der Waals surface area contributed by atoms with Gasteiger partial charge in [0.05, 0.1) is 0 Å². The van der Waals surface area contributed by atoms with Gasteiger partial charge < -0.3 is 0 Å². The second kappa shape index (κ2) is 2.65. The van der Waals surface area contributed by atoms with Gasteiger partial charge in [-0.2, -0.15) is 5.10 Å². The molecule has 0 N–H and O–H groups in total. The lowest BCUT2D eigenvalue weighted by molar-refractivity contribution is 0.0967. The van der Waals surface area contributed by atoms with E-state index in [1.165, 1.54) is 4.68 Å². The number of nitrogens with zero attached hydrogens (tertiary/aromatic N) is 2. The van der Waals surface area contributed by atoms with Gasteiger partial charge in [-0.05, 0) is 19.3 Å². The Hall–Kier alpha value is -1.26. The lowest BCUT2D eigenvalue weighted by Crippen LogP contribution is -2.06. The van der Waals surface area contributed by atoms with E-state index < -0.39 is 6.43 Å². The average Bonchev–Trinajstić information content (AvgIpc) is 2.81. The molecule has 2 unspecified atom stereocenters. The highest BCUT2D eigenvalue weighted by Gasteiger charge is 2.56. The minimum atomic E-state index is -2.53. The zero-order valence-electron chi connectivity index (χ0n) is 8.20. The second-order valence-electron chi connectivity index (χ2n) is 4.08. The number of hydrogen-bond donors (Lipinski definition) is 0. The maximum atomic E-state index is 12.8. The van der Waals surface area contributed by atoms with E-state index in [-0.39, 0.29) is 23.3 Å². The molecule has 0 aliphatic heterocycles. The van der Waals surface area contributed by atoms with Crippen LogP contribution in [0.4, 0.5) is 8.78 Å². The molecule has 0 aromatic carbocycles. The molecule has 2 aliphatic rings. The number of alkyl halides is 2. The average molecular weight is 212 g/mol. The number of hydrogen-bond acceptors (Lipinski definition) is 2. The first kappa shape index (κ1) is 9.00. The largest absolute Gasteiger partial charge is 0.292 e. The maximum Gasteiger partial charge on any atom is 0.280 e. The number of Topliss-reactive ketones (excluding diaryl/α,β-unsaturated/α-hetero) is 1. The van der Waals surface area contributed by atoms with E-state index in [0.717, 1.165) is 6.42 Å². The summed E-state index contributed by atoms with van der Waals surface area (Å²) in [6.45, 7) is 2.14. The number of halogens is 2. The van der Waals surface area contributed by atoms with Crippen molar-refractivity contribution in [1.82, 2.24) is 9.78 Å². The van der Waals surface area contributed by atoms with Crippen molar-refractivity contribution in [1.29, 1.82) is 0 Å². The first-order valence-corrected chi connectivity index (χ1v) is 5.08. The van der Waals surface area contributed by atoms with Crippen molar-refractivity contribution in [2.24, 2.45) is 5.92 Å². The van der Waals surface area contributed by atoms with Crippen molar-refractivity contribution in [3.05, 3.63) is 17.0 Å². The lowest BCUT2D eigenvalue weighted by Gasteiger charge is -2.05. The van der Waals surface area contributed by atoms with Crippen LogP contribution < -0.4 is 0 Å². The van der Waals surface area contributed by atoms with Crippen molar-refractivity contribution < 1.29 is 13.6 Å². The molecule has 0 radical (unpaired) electrons. The summed E-state index contributed by atoms with van der Waals surface area (Å²) >= 11 is 0. The third-order valence-electron chi connectivity index (χ3n) is 3.27. The summed E-state index contributed by atoms with van der Waals surface area (Å²) < 4.78 is 27.0. The molecular formula is C10H10F2N2O. The van der Waals surface area contributed by atoms with E-state index in [9.17, 15) is 13.6 Å². The summed E-state index contributed by atoms with van der Waals surface area (Å²) in [6, 6.07) is 0. The molecule has 1 aromatic heterocycles. The number of aryl methyl sites for hydroxylation is 1. The van der Waals surface area contributed by atoms with E-state index in [0.29, 0.717) is 17.8 Å². The molecule has 1 aromatic rings. The van der Waals surface area contributed by atoms with Gasteiger partial charge >= 0.3 is 0 Å². The standard InChI is InChI=1S/C10H10F2N2O/c1-2-14-8(10(11)12)6-4-3-5(4)9(15)7(6)13-14/h4-5,10H,2-3H2,1H3. The highest BCUT2D eigenvalue weighted by atomic mass is 19.3. The number of fused-ring (bicyclic) bond motifs is 3. The Bertz CT molecular complexity index is 453. The van der Waals surface area contributed by atoms with Gasteiger partial charge in [0.25, 0.3) is 6.43 Å². The molecule has 3 rings (SSSR count). The van der Waals surface area contributed by atoms with Gasteiger partial charge in [0, 0.05) is 18.0 Å². The third-order valence-corrected chi connectivity index (χ3v) is 3.27. The molecule has 0 spiro atoms. The van der Waals surface area contributed by atoms with E-state index in [1.807, 2.05) is 0 Å². The van der Waals surface area contributed by atoms with Crippen LogP contribution in [0.3, 0.4) is 0 Å². The third kappa shape index (κ3) is 0.979. The van der Waals surface area contributed by atoms with Crippen LogP contribution in [0.5, 0.6) is 0 Å². The number of carbonyl (C=O) groups is 1. The Labute approximate surface area is 85.1 Å². The quantitative estimate of drug-likeness (QED) is 0.752. The Kier molecular flexibility index (Phi) is 1.59. The minimum absolute atomic E-state index is 0.0356. The topological polar surface area (TPSA) is 34.9 Å². The van der Waals surface area contributed by atoms with Gasteiger partial charge in [0.1, 0.15) is 11.4 Å². The van der Waals surface area contributed by atoms with E-state index in [4.69, 9.17) is 0 Å². The molecule has 0 bridgehead atoms. The van der Waals surface area contributed by atoms with Gasteiger partial charge in [-0.3, -0.25) is 9.48 Å². The van der Waals surface area contributed by atoms with E-state index in [1.54, 1.807) is 6.92 Å². The molecule has 2 atom stereocenters.